The van der Waals surface area contributed by atoms with Gasteiger partial charge in [-0.25, -0.2) is 4.79 Å². The number of amides is 1. The summed E-state index contributed by atoms with van der Waals surface area (Å²) in [6.45, 7) is 0. The van der Waals surface area contributed by atoms with Crippen LogP contribution in [0.4, 0.5) is 11.4 Å². The molecule has 1 radical (unpaired) electrons. The molecule has 0 aliphatic heterocycles. The number of carbonyl (C=O) groups excluding carboxylic acids is 1. The Hall–Kier alpha value is -1.30. The van der Waals surface area contributed by atoms with Crippen LogP contribution in [0.1, 0.15) is 0 Å². The van der Waals surface area contributed by atoms with Crippen molar-refractivity contribution >= 4 is 52.8 Å². The molecule has 1 rings (SSSR count). The van der Waals surface area contributed by atoms with E-state index in [1.807, 2.05) is 0 Å². The maximum atomic E-state index is 11.1. The minimum absolute atomic E-state index is 0. The van der Waals surface area contributed by atoms with Crippen molar-refractivity contribution in [3.8, 4) is 0 Å². The Morgan fingerprint density at radius 3 is 2.56 bits per heavy atom. The average molecular weight is 229 g/mol. The minimum Gasteiger partial charge on any atom is -0.478 e. The Labute approximate surface area is 115 Å². The van der Waals surface area contributed by atoms with E-state index in [2.05, 4.69) is 5.32 Å². The van der Waals surface area contributed by atoms with Gasteiger partial charge in [-0.3, -0.25) is 4.79 Å². The monoisotopic (exact) mass is 229 g/mol. The molecule has 5 nitrogen and oxygen atoms in total. The van der Waals surface area contributed by atoms with Crippen LogP contribution in [0.25, 0.3) is 0 Å². The average Bonchev–Trinajstić information content (AvgIpc) is 2.15. The number of carboxylic acids is 1. The molecular formula is C10H10N2NaO3. The van der Waals surface area contributed by atoms with E-state index in [-0.39, 0.29) is 29.6 Å². The van der Waals surface area contributed by atoms with Gasteiger partial charge in [-0.15, -0.1) is 0 Å². The summed E-state index contributed by atoms with van der Waals surface area (Å²) in [6, 6.07) is 6.60. The second-order valence-electron chi connectivity index (χ2n) is 2.79. The van der Waals surface area contributed by atoms with E-state index in [9.17, 15) is 9.59 Å². The Morgan fingerprint density at radius 2 is 2.00 bits per heavy atom. The topological polar surface area (TPSA) is 92.4 Å². The molecule has 0 unspecified atom stereocenters. The first-order chi connectivity index (χ1) is 7.08. The fraction of sp³-hybridized carbons (Fsp3) is 0. The smallest absolute Gasteiger partial charge is 0.328 e. The van der Waals surface area contributed by atoms with Gasteiger partial charge in [0.05, 0.1) is 0 Å². The van der Waals surface area contributed by atoms with E-state index in [1.54, 1.807) is 24.3 Å². The Kier molecular flexibility index (Phi) is 6.48. The number of hydrogen-bond donors (Lipinski definition) is 3. The van der Waals surface area contributed by atoms with Crippen LogP contribution in [0.2, 0.25) is 0 Å². The summed E-state index contributed by atoms with van der Waals surface area (Å²) in [5.74, 6) is -1.68. The minimum atomic E-state index is -1.17. The summed E-state index contributed by atoms with van der Waals surface area (Å²) in [4.78, 5) is 21.2. The fourth-order valence-corrected chi connectivity index (χ4v) is 0.947. The summed E-state index contributed by atoms with van der Waals surface area (Å²) in [6.07, 6.45) is 1.70. The van der Waals surface area contributed by atoms with Gasteiger partial charge in [-0.05, 0) is 18.2 Å². The quantitative estimate of drug-likeness (QED) is 0.399. The molecule has 0 aliphatic carbocycles. The second kappa shape index (κ2) is 7.05. The van der Waals surface area contributed by atoms with Crippen molar-refractivity contribution in [3.63, 3.8) is 0 Å². The van der Waals surface area contributed by atoms with Gasteiger partial charge in [0.2, 0.25) is 5.91 Å². The number of carboxylic acid groups (broad SMARTS) is 1. The molecule has 0 spiro atoms. The number of anilines is 2. The van der Waals surface area contributed by atoms with Gasteiger partial charge < -0.3 is 16.2 Å². The van der Waals surface area contributed by atoms with E-state index >= 15 is 0 Å². The number of carbonyl (C=O) groups is 2. The maximum Gasteiger partial charge on any atom is 0.328 e. The number of benzene rings is 1. The Morgan fingerprint density at radius 1 is 1.31 bits per heavy atom. The van der Waals surface area contributed by atoms with E-state index in [4.69, 9.17) is 10.8 Å². The molecule has 0 saturated carbocycles. The van der Waals surface area contributed by atoms with Gasteiger partial charge in [0.1, 0.15) is 0 Å². The third kappa shape index (κ3) is 5.55. The molecule has 0 heterocycles. The van der Waals surface area contributed by atoms with Gasteiger partial charge in [-0.1, -0.05) is 6.07 Å². The van der Waals surface area contributed by atoms with Crippen LogP contribution in [-0.4, -0.2) is 46.5 Å². The van der Waals surface area contributed by atoms with E-state index < -0.39 is 11.9 Å². The summed E-state index contributed by atoms with van der Waals surface area (Å²) in [7, 11) is 0. The number of nitrogens with two attached hydrogens (primary N) is 1. The molecule has 1 aromatic carbocycles. The molecule has 0 fully saturated rings. The van der Waals surface area contributed by atoms with Crippen molar-refractivity contribution in [2.24, 2.45) is 0 Å². The summed E-state index contributed by atoms with van der Waals surface area (Å²) >= 11 is 0. The molecule has 79 valence electrons. The van der Waals surface area contributed by atoms with E-state index in [0.717, 1.165) is 12.2 Å². The first-order valence-electron chi connectivity index (χ1n) is 4.15. The number of aliphatic carboxylic acids is 1. The molecule has 16 heavy (non-hydrogen) atoms. The van der Waals surface area contributed by atoms with Crippen LogP contribution >= 0.6 is 0 Å². The SMILES string of the molecule is Nc1cccc(NC(=O)/C=C\C(=O)O)c1.[Na]. The summed E-state index contributed by atoms with van der Waals surface area (Å²) < 4.78 is 0. The first kappa shape index (κ1) is 14.7. The molecule has 0 atom stereocenters. The van der Waals surface area contributed by atoms with Crippen molar-refractivity contribution in [1.29, 1.82) is 0 Å². The largest absolute Gasteiger partial charge is 0.478 e. The number of hydrogen-bond acceptors (Lipinski definition) is 3. The van der Waals surface area contributed by atoms with E-state index in [0.29, 0.717) is 11.4 Å². The predicted molar refractivity (Wildman–Crippen MR) is 62.0 cm³/mol. The Balaban J connectivity index is 0.00000225. The maximum absolute atomic E-state index is 11.1. The first-order valence-corrected chi connectivity index (χ1v) is 4.15. The molecule has 4 N–H and O–H groups in total. The van der Waals surface area contributed by atoms with Crippen molar-refractivity contribution < 1.29 is 14.7 Å². The number of rotatable bonds is 3. The van der Waals surface area contributed by atoms with Crippen molar-refractivity contribution in [2.75, 3.05) is 11.1 Å². The van der Waals surface area contributed by atoms with Crippen molar-refractivity contribution in [2.45, 2.75) is 0 Å². The molecule has 0 bridgehead atoms. The molecule has 1 amide bonds. The van der Waals surface area contributed by atoms with Crippen LogP contribution in [0.5, 0.6) is 0 Å². The number of nitrogen functional groups attached to an aromatic ring is 1. The van der Waals surface area contributed by atoms with Gasteiger partial charge in [0, 0.05) is 53.1 Å². The zero-order valence-corrected chi connectivity index (χ0v) is 10.8. The summed E-state index contributed by atoms with van der Waals surface area (Å²) in [5.41, 5.74) is 6.54. The van der Waals surface area contributed by atoms with E-state index in [1.165, 1.54) is 0 Å². The van der Waals surface area contributed by atoms with Crippen LogP contribution in [0, 0.1) is 0 Å². The number of nitrogens with one attached hydrogen (secondary N) is 1. The van der Waals surface area contributed by atoms with Gasteiger partial charge in [0.25, 0.3) is 0 Å². The molecule has 0 aromatic heterocycles. The van der Waals surface area contributed by atoms with Gasteiger partial charge >= 0.3 is 5.97 Å². The van der Waals surface area contributed by atoms with Crippen molar-refractivity contribution in [3.05, 3.63) is 36.4 Å². The van der Waals surface area contributed by atoms with Crippen LogP contribution < -0.4 is 11.1 Å². The fourth-order valence-electron chi connectivity index (χ4n) is 0.947. The zero-order valence-electron chi connectivity index (χ0n) is 8.81. The Bertz CT molecular complexity index is 418. The van der Waals surface area contributed by atoms with Crippen LogP contribution in [-0.2, 0) is 9.59 Å². The van der Waals surface area contributed by atoms with Gasteiger partial charge in [-0.2, -0.15) is 0 Å². The zero-order chi connectivity index (χ0) is 11.3. The van der Waals surface area contributed by atoms with Crippen LogP contribution in [0.15, 0.2) is 36.4 Å². The molecule has 6 heteroatoms. The van der Waals surface area contributed by atoms with Crippen molar-refractivity contribution in [1.82, 2.24) is 0 Å². The standard InChI is InChI=1S/C10H10N2O3.Na/c11-7-2-1-3-8(6-7)12-9(13)4-5-10(14)15;/h1-6H,11H2,(H,12,13)(H,14,15);/b5-4-;. The molecule has 0 saturated heterocycles. The van der Waals surface area contributed by atoms with Gasteiger partial charge in [0.15, 0.2) is 0 Å². The second-order valence-corrected chi connectivity index (χ2v) is 2.79. The summed E-state index contributed by atoms with van der Waals surface area (Å²) in [5, 5.41) is 10.8. The third-order valence-corrected chi connectivity index (χ3v) is 1.53. The molecule has 1 aromatic rings. The third-order valence-electron chi connectivity index (χ3n) is 1.53. The molecule has 0 aliphatic rings. The van der Waals surface area contributed by atoms with Crippen LogP contribution in [0.3, 0.4) is 0 Å². The molecular weight excluding hydrogens is 219 g/mol. The normalized spacial score (nSPS) is 9.50. The predicted octanol–water partition coefficient (Wildman–Crippen LogP) is 0.467.